The van der Waals surface area contributed by atoms with Crippen LogP contribution in [0.3, 0.4) is 0 Å². The maximum Gasteiger partial charge on any atom is 0.272 e. The van der Waals surface area contributed by atoms with Gasteiger partial charge in [0, 0.05) is 37.3 Å². The highest BCUT2D eigenvalue weighted by Crippen LogP contribution is 2.16. The number of hydrogen-bond donors (Lipinski definition) is 3. The average molecular weight is 379 g/mol. The number of halogens is 1. The van der Waals surface area contributed by atoms with Crippen LogP contribution in [0.2, 0.25) is 0 Å². The van der Waals surface area contributed by atoms with Crippen molar-refractivity contribution in [3.63, 3.8) is 0 Å². The zero-order chi connectivity index (χ0) is 17.9. The molecule has 6 nitrogen and oxygen atoms in total. The normalized spacial score (nSPS) is 13.7. The number of nitrogens with zero attached hydrogens (tertiary/aromatic N) is 1. The number of benzene rings is 1. The van der Waals surface area contributed by atoms with Crippen LogP contribution in [0.1, 0.15) is 53.6 Å². The van der Waals surface area contributed by atoms with Crippen LogP contribution in [-0.4, -0.2) is 28.3 Å². The van der Waals surface area contributed by atoms with Gasteiger partial charge in [-0.2, -0.15) is 5.10 Å². The molecule has 0 saturated heterocycles. The first-order valence-corrected chi connectivity index (χ1v) is 8.69. The molecule has 0 unspecified atom stereocenters. The number of hydrogen-bond acceptors (Lipinski definition) is 4. The Morgan fingerprint density at radius 1 is 1.31 bits per heavy atom. The van der Waals surface area contributed by atoms with Crippen LogP contribution in [0, 0.1) is 0 Å². The largest absolute Gasteiger partial charge is 0.371 e. The summed E-state index contributed by atoms with van der Waals surface area (Å²) in [4.78, 5) is 12.4. The molecular weight excluding hydrogens is 352 g/mol. The lowest BCUT2D eigenvalue weighted by molar-refractivity contribution is -0.0149. The Hall–Kier alpha value is -1.89. The molecule has 7 heteroatoms. The lowest BCUT2D eigenvalue weighted by Crippen LogP contribution is -2.28. The number of aromatic nitrogens is 2. The molecule has 1 aliphatic heterocycles. The van der Waals surface area contributed by atoms with E-state index in [4.69, 9.17) is 4.74 Å². The first-order chi connectivity index (χ1) is 11.9. The fourth-order valence-electron chi connectivity index (χ4n) is 2.81. The second kappa shape index (κ2) is 8.66. The van der Waals surface area contributed by atoms with Gasteiger partial charge >= 0.3 is 0 Å². The third-order valence-corrected chi connectivity index (χ3v) is 4.14. The van der Waals surface area contributed by atoms with Gasteiger partial charge in [-0.25, -0.2) is 0 Å². The number of carbonyl (C=O) groups is 1. The smallest absolute Gasteiger partial charge is 0.272 e. The van der Waals surface area contributed by atoms with Crippen molar-refractivity contribution < 1.29 is 9.53 Å². The minimum absolute atomic E-state index is 0. The Kier molecular flexibility index (Phi) is 6.81. The van der Waals surface area contributed by atoms with Crippen LogP contribution in [0.25, 0.3) is 0 Å². The monoisotopic (exact) mass is 378 g/mol. The summed E-state index contributed by atoms with van der Waals surface area (Å²) in [6.45, 7) is 8.75. The molecule has 1 aliphatic rings. The van der Waals surface area contributed by atoms with E-state index >= 15 is 0 Å². The van der Waals surface area contributed by atoms with E-state index < -0.39 is 0 Å². The predicted molar refractivity (Wildman–Crippen MR) is 103 cm³/mol. The standard InChI is InChI=1S/C19H26N4O2.ClH/c1-19(2,3)25-12-14-6-4-5-13(9-14)10-21-18(24)17-15-11-20-8-7-16(15)22-23-17;/h4-6,9,20H,7-8,10-12H2,1-3H3,(H,21,24)(H,22,23);1H. The average Bonchev–Trinajstić information content (AvgIpc) is 3.02. The zero-order valence-electron chi connectivity index (χ0n) is 15.5. The molecule has 26 heavy (non-hydrogen) atoms. The number of fused-ring (bicyclic) bond motifs is 1. The minimum atomic E-state index is -0.169. The Morgan fingerprint density at radius 3 is 2.85 bits per heavy atom. The first kappa shape index (κ1) is 20.4. The maximum atomic E-state index is 12.4. The fraction of sp³-hybridized carbons (Fsp3) is 0.474. The topological polar surface area (TPSA) is 79.0 Å². The van der Waals surface area contributed by atoms with Gasteiger partial charge in [-0.05, 0) is 31.9 Å². The van der Waals surface area contributed by atoms with E-state index in [1.807, 2.05) is 39.0 Å². The maximum absolute atomic E-state index is 12.4. The molecule has 0 atom stereocenters. The lowest BCUT2D eigenvalue weighted by Gasteiger charge is -2.19. The van der Waals surface area contributed by atoms with Crippen LogP contribution >= 0.6 is 12.4 Å². The third kappa shape index (κ3) is 5.30. The van der Waals surface area contributed by atoms with Crippen molar-refractivity contribution in [3.8, 4) is 0 Å². The van der Waals surface area contributed by atoms with Crippen molar-refractivity contribution >= 4 is 18.3 Å². The molecule has 3 N–H and O–H groups in total. The van der Waals surface area contributed by atoms with Crippen molar-refractivity contribution in [2.24, 2.45) is 0 Å². The molecule has 142 valence electrons. The van der Waals surface area contributed by atoms with Crippen molar-refractivity contribution in [1.29, 1.82) is 0 Å². The molecule has 3 rings (SSSR count). The molecule has 0 bridgehead atoms. The second-order valence-electron chi connectivity index (χ2n) is 7.36. The summed E-state index contributed by atoms with van der Waals surface area (Å²) in [5.74, 6) is -0.141. The summed E-state index contributed by atoms with van der Waals surface area (Å²) in [6, 6.07) is 8.09. The van der Waals surface area contributed by atoms with Crippen LogP contribution in [-0.2, 0) is 30.9 Å². The Labute approximate surface area is 160 Å². The van der Waals surface area contributed by atoms with E-state index in [2.05, 4.69) is 26.9 Å². The molecule has 0 saturated carbocycles. The molecule has 0 spiro atoms. The summed E-state index contributed by atoms with van der Waals surface area (Å²) in [5.41, 5.74) is 4.52. The Morgan fingerprint density at radius 2 is 2.08 bits per heavy atom. The minimum Gasteiger partial charge on any atom is -0.371 e. The molecule has 0 aliphatic carbocycles. The Balaban J connectivity index is 0.00000243. The van der Waals surface area contributed by atoms with Gasteiger partial charge in [0.1, 0.15) is 0 Å². The molecule has 2 heterocycles. The van der Waals surface area contributed by atoms with Gasteiger partial charge in [-0.1, -0.05) is 24.3 Å². The van der Waals surface area contributed by atoms with Crippen molar-refractivity contribution in [2.75, 3.05) is 6.54 Å². The number of carbonyl (C=O) groups excluding carboxylic acids is 1. The first-order valence-electron chi connectivity index (χ1n) is 8.69. The van der Waals surface area contributed by atoms with E-state index in [1.165, 1.54) is 0 Å². The van der Waals surface area contributed by atoms with Crippen molar-refractivity contribution in [2.45, 2.75) is 52.5 Å². The van der Waals surface area contributed by atoms with E-state index in [-0.39, 0.29) is 23.9 Å². The van der Waals surface area contributed by atoms with Gasteiger partial charge in [0.05, 0.1) is 12.2 Å². The number of ether oxygens (including phenoxy) is 1. The van der Waals surface area contributed by atoms with Gasteiger partial charge in [0.2, 0.25) is 0 Å². The second-order valence-corrected chi connectivity index (χ2v) is 7.36. The highest BCUT2D eigenvalue weighted by molar-refractivity contribution is 5.94. The van der Waals surface area contributed by atoms with Crippen LogP contribution in [0.4, 0.5) is 0 Å². The summed E-state index contributed by atoms with van der Waals surface area (Å²) in [6.07, 6.45) is 0.880. The zero-order valence-corrected chi connectivity index (χ0v) is 16.3. The third-order valence-electron chi connectivity index (χ3n) is 4.14. The van der Waals surface area contributed by atoms with E-state index in [9.17, 15) is 4.79 Å². The molecule has 2 aromatic rings. The van der Waals surface area contributed by atoms with Crippen molar-refractivity contribution in [1.82, 2.24) is 20.8 Å². The lowest BCUT2D eigenvalue weighted by atomic mass is 10.1. The molecule has 0 fully saturated rings. The van der Waals surface area contributed by atoms with Gasteiger partial charge in [-0.3, -0.25) is 9.89 Å². The quantitative estimate of drug-likeness (QED) is 0.747. The Bertz CT molecular complexity index is 752. The predicted octanol–water partition coefficient (Wildman–Crippen LogP) is 2.72. The summed E-state index contributed by atoms with van der Waals surface area (Å²) < 4.78 is 5.81. The van der Waals surface area contributed by atoms with E-state index in [0.717, 1.165) is 35.3 Å². The summed E-state index contributed by atoms with van der Waals surface area (Å²) in [5, 5.41) is 13.4. The van der Waals surface area contributed by atoms with E-state index in [0.29, 0.717) is 25.4 Å². The molecule has 0 radical (unpaired) electrons. The van der Waals surface area contributed by atoms with E-state index in [1.54, 1.807) is 0 Å². The molecule has 1 amide bonds. The SMILES string of the molecule is CC(C)(C)OCc1cccc(CNC(=O)c2n[nH]c3c2CNCC3)c1.Cl. The summed E-state index contributed by atoms with van der Waals surface area (Å²) >= 11 is 0. The number of amides is 1. The molecule has 1 aromatic carbocycles. The fourth-order valence-corrected chi connectivity index (χ4v) is 2.81. The van der Waals surface area contributed by atoms with Gasteiger partial charge in [-0.15, -0.1) is 12.4 Å². The van der Waals surface area contributed by atoms with Gasteiger partial charge < -0.3 is 15.4 Å². The van der Waals surface area contributed by atoms with Crippen LogP contribution in [0.5, 0.6) is 0 Å². The van der Waals surface area contributed by atoms with Crippen molar-refractivity contribution in [3.05, 3.63) is 52.3 Å². The van der Waals surface area contributed by atoms with Gasteiger partial charge in [0.15, 0.2) is 5.69 Å². The van der Waals surface area contributed by atoms with Gasteiger partial charge in [0.25, 0.3) is 5.91 Å². The highest BCUT2D eigenvalue weighted by atomic mass is 35.5. The molecular formula is C19H27ClN4O2. The highest BCUT2D eigenvalue weighted by Gasteiger charge is 2.21. The summed E-state index contributed by atoms with van der Waals surface area (Å²) in [7, 11) is 0. The number of rotatable bonds is 5. The number of nitrogens with one attached hydrogen (secondary N) is 3. The molecule has 1 aromatic heterocycles. The van der Waals surface area contributed by atoms with Crippen LogP contribution < -0.4 is 10.6 Å². The van der Waals surface area contributed by atoms with Crippen LogP contribution in [0.15, 0.2) is 24.3 Å². The number of H-pyrrole nitrogens is 1. The number of aromatic amines is 1.